The molecule has 1 heterocycles. The summed E-state index contributed by atoms with van der Waals surface area (Å²) in [5, 5.41) is 8.22. The van der Waals surface area contributed by atoms with Crippen molar-refractivity contribution in [2.45, 2.75) is 45.1 Å². The first-order valence-electron chi connectivity index (χ1n) is 9.47. The first-order valence-corrected chi connectivity index (χ1v) is 9.47. The van der Waals surface area contributed by atoms with Gasteiger partial charge >= 0.3 is 6.03 Å². The van der Waals surface area contributed by atoms with E-state index in [1.165, 1.54) is 5.56 Å². The van der Waals surface area contributed by atoms with Crippen LogP contribution in [0.1, 0.15) is 37.8 Å². The van der Waals surface area contributed by atoms with Crippen molar-refractivity contribution in [1.29, 1.82) is 0 Å². The molecule has 3 N–H and O–H groups in total. The molecular formula is C20H31N3O4. The maximum atomic E-state index is 12.2. The van der Waals surface area contributed by atoms with Crippen LogP contribution in [0.25, 0.3) is 0 Å². The Morgan fingerprint density at radius 1 is 1.30 bits per heavy atom. The number of amides is 3. The van der Waals surface area contributed by atoms with Crippen molar-refractivity contribution in [3.63, 3.8) is 0 Å². The molecule has 0 aliphatic carbocycles. The lowest BCUT2D eigenvalue weighted by atomic mass is 9.73. The van der Waals surface area contributed by atoms with Gasteiger partial charge in [0, 0.05) is 37.3 Å². The molecule has 1 aliphatic rings. The number of urea groups is 1. The van der Waals surface area contributed by atoms with E-state index in [2.05, 4.69) is 28.9 Å². The summed E-state index contributed by atoms with van der Waals surface area (Å²) in [6, 6.07) is 5.21. The summed E-state index contributed by atoms with van der Waals surface area (Å²) >= 11 is 0. The van der Waals surface area contributed by atoms with Crippen LogP contribution in [0.4, 0.5) is 4.79 Å². The van der Waals surface area contributed by atoms with Gasteiger partial charge in [0.15, 0.2) is 0 Å². The summed E-state index contributed by atoms with van der Waals surface area (Å²) in [5.41, 5.74) is 2.12. The molecule has 1 aliphatic heterocycles. The molecule has 3 amide bonds. The van der Waals surface area contributed by atoms with Crippen molar-refractivity contribution < 1.29 is 19.1 Å². The number of nitrogens with one attached hydrogen (secondary N) is 3. The number of hydrogen-bond donors (Lipinski definition) is 3. The predicted molar refractivity (Wildman–Crippen MR) is 104 cm³/mol. The van der Waals surface area contributed by atoms with Gasteiger partial charge < -0.3 is 20.1 Å². The normalized spacial score (nSPS) is 17.0. The molecule has 150 valence electrons. The first kappa shape index (κ1) is 21.2. The van der Waals surface area contributed by atoms with Crippen LogP contribution in [0.15, 0.2) is 18.2 Å². The molecule has 1 saturated heterocycles. The predicted octanol–water partition coefficient (Wildman–Crippen LogP) is 1.88. The summed E-state index contributed by atoms with van der Waals surface area (Å²) in [7, 11) is 1.68. The zero-order chi connectivity index (χ0) is 19.9. The number of benzene rings is 1. The highest BCUT2D eigenvalue weighted by atomic mass is 16.5. The molecule has 0 aromatic heterocycles. The highest BCUT2D eigenvalue weighted by Gasteiger charge is 2.37. The summed E-state index contributed by atoms with van der Waals surface area (Å²) in [4.78, 5) is 23.8. The second-order valence-electron chi connectivity index (χ2n) is 7.05. The smallest absolute Gasteiger partial charge is 0.321 e. The second-order valence-corrected chi connectivity index (χ2v) is 7.05. The van der Waals surface area contributed by atoms with E-state index in [9.17, 15) is 9.59 Å². The van der Waals surface area contributed by atoms with E-state index in [4.69, 9.17) is 9.47 Å². The van der Waals surface area contributed by atoms with Crippen LogP contribution in [-0.4, -0.2) is 51.4 Å². The van der Waals surface area contributed by atoms with Crippen LogP contribution in [0.3, 0.4) is 0 Å². The Bertz CT molecular complexity index is 657. The molecule has 0 bridgehead atoms. The summed E-state index contributed by atoms with van der Waals surface area (Å²) in [6.07, 6.45) is 1.68. The Hall–Kier alpha value is -2.12. The number of carbonyl (C=O) groups is 2. The lowest BCUT2D eigenvalue weighted by molar-refractivity contribution is -0.121. The van der Waals surface area contributed by atoms with Gasteiger partial charge in [-0.15, -0.1) is 0 Å². The standard InChI is InChI=1S/C20H31N3O4/c1-5-21-19(25)23-18(24)15(3)22-13-20(8-10-27-11-9-20)16-12-14(2)6-7-17(16)26-4/h6-7,12,15,22H,5,8-11,13H2,1-4H3,(H2,21,23,24,25)/t15-/m1/s1. The van der Waals surface area contributed by atoms with E-state index >= 15 is 0 Å². The van der Waals surface area contributed by atoms with Gasteiger partial charge in [-0.05, 0) is 39.7 Å². The summed E-state index contributed by atoms with van der Waals surface area (Å²) in [6.45, 7) is 8.02. The Labute approximate surface area is 161 Å². The van der Waals surface area contributed by atoms with Crippen LogP contribution in [0.5, 0.6) is 5.75 Å². The van der Waals surface area contributed by atoms with Gasteiger partial charge in [0.1, 0.15) is 5.75 Å². The zero-order valence-corrected chi connectivity index (χ0v) is 16.7. The zero-order valence-electron chi connectivity index (χ0n) is 16.7. The number of carbonyl (C=O) groups excluding carboxylic acids is 2. The molecule has 0 radical (unpaired) electrons. The van der Waals surface area contributed by atoms with Crippen LogP contribution in [0.2, 0.25) is 0 Å². The fourth-order valence-corrected chi connectivity index (χ4v) is 3.41. The van der Waals surface area contributed by atoms with Crippen molar-refractivity contribution >= 4 is 11.9 Å². The van der Waals surface area contributed by atoms with Crippen LogP contribution in [0, 0.1) is 6.92 Å². The minimum Gasteiger partial charge on any atom is -0.496 e. The number of aryl methyl sites for hydroxylation is 1. The van der Waals surface area contributed by atoms with Gasteiger partial charge in [0.05, 0.1) is 13.2 Å². The number of imide groups is 1. The van der Waals surface area contributed by atoms with Crippen molar-refractivity contribution in [3.05, 3.63) is 29.3 Å². The quantitative estimate of drug-likeness (QED) is 0.675. The third kappa shape index (κ3) is 5.43. The van der Waals surface area contributed by atoms with Crippen LogP contribution in [-0.2, 0) is 14.9 Å². The molecule has 27 heavy (non-hydrogen) atoms. The largest absolute Gasteiger partial charge is 0.496 e. The van der Waals surface area contributed by atoms with Crippen LogP contribution >= 0.6 is 0 Å². The minimum atomic E-state index is -0.497. The van der Waals surface area contributed by atoms with Crippen molar-refractivity contribution in [3.8, 4) is 5.75 Å². The fourth-order valence-electron chi connectivity index (χ4n) is 3.41. The Balaban J connectivity index is 2.14. The van der Waals surface area contributed by atoms with Gasteiger partial charge in [-0.2, -0.15) is 0 Å². The number of hydrogen-bond acceptors (Lipinski definition) is 5. The monoisotopic (exact) mass is 377 g/mol. The average Bonchev–Trinajstić information content (AvgIpc) is 2.67. The number of methoxy groups -OCH3 is 1. The second kappa shape index (κ2) is 9.71. The SMILES string of the molecule is CCNC(=O)NC(=O)[C@@H](C)NCC1(c2cc(C)ccc2OC)CCOCC1. The molecule has 7 heteroatoms. The maximum absolute atomic E-state index is 12.2. The van der Waals surface area contributed by atoms with Crippen LogP contribution < -0.4 is 20.7 Å². The summed E-state index contributed by atoms with van der Waals surface area (Å²) in [5.74, 6) is 0.503. The molecule has 1 fully saturated rings. The lowest BCUT2D eigenvalue weighted by Crippen LogP contribution is -2.52. The van der Waals surface area contributed by atoms with E-state index in [0.717, 1.165) is 24.2 Å². The van der Waals surface area contributed by atoms with Gasteiger partial charge in [-0.1, -0.05) is 17.7 Å². The molecule has 0 saturated carbocycles. The number of ether oxygens (including phenoxy) is 2. The third-order valence-electron chi connectivity index (χ3n) is 5.09. The van der Waals surface area contributed by atoms with Gasteiger partial charge in [-0.25, -0.2) is 4.79 Å². The fraction of sp³-hybridized carbons (Fsp3) is 0.600. The third-order valence-corrected chi connectivity index (χ3v) is 5.09. The first-order chi connectivity index (χ1) is 12.9. The molecule has 7 nitrogen and oxygen atoms in total. The number of rotatable bonds is 7. The van der Waals surface area contributed by atoms with E-state index in [-0.39, 0.29) is 11.3 Å². The molecule has 1 atom stereocenters. The van der Waals surface area contributed by atoms with Gasteiger partial charge in [0.25, 0.3) is 0 Å². The van der Waals surface area contributed by atoms with E-state index in [1.54, 1.807) is 21.0 Å². The van der Waals surface area contributed by atoms with E-state index < -0.39 is 12.1 Å². The highest BCUT2D eigenvalue weighted by Crippen LogP contribution is 2.40. The summed E-state index contributed by atoms with van der Waals surface area (Å²) < 4.78 is 11.2. The Morgan fingerprint density at radius 3 is 2.63 bits per heavy atom. The maximum Gasteiger partial charge on any atom is 0.321 e. The molecule has 2 rings (SSSR count). The highest BCUT2D eigenvalue weighted by molar-refractivity contribution is 5.96. The van der Waals surface area contributed by atoms with Crippen molar-refractivity contribution in [2.24, 2.45) is 0 Å². The molecular weight excluding hydrogens is 346 g/mol. The lowest BCUT2D eigenvalue weighted by Gasteiger charge is -2.39. The van der Waals surface area contributed by atoms with E-state index in [1.807, 2.05) is 12.1 Å². The molecule has 0 unspecified atom stereocenters. The van der Waals surface area contributed by atoms with Crippen molar-refractivity contribution in [2.75, 3.05) is 33.4 Å². The molecule has 0 spiro atoms. The topological polar surface area (TPSA) is 88.7 Å². The molecule has 1 aromatic rings. The minimum absolute atomic E-state index is 0.185. The van der Waals surface area contributed by atoms with Gasteiger partial charge in [0.2, 0.25) is 5.91 Å². The van der Waals surface area contributed by atoms with Crippen molar-refractivity contribution in [1.82, 2.24) is 16.0 Å². The Kier molecular flexibility index (Phi) is 7.62. The van der Waals surface area contributed by atoms with Gasteiger partial charge in [-0.3, -0.25) is 10.1 Å². The average molecular weight is 377 g/mol. The van der Waals surface area contributed by atoms with E-state index in [0.29, 0.717) is 26.3 Å². The molecule has 1 aromatic carbocycles. The Morgan fingerprint density at radius 2 is 2.00 bits per heavy atom.